The lowest BCUT2D eigenvalue weighted by Gasteiger charge is -2.06. The van der Waals surface area contributed by atoms with Crippen LogP contribution in [0.4, 0.5) is 0 Å². The molecule has 3 aromatic rings. The first-order valence-electron chi connectivity index (χ1n) is 7.40. The van der Waals surface area contributed by atoms with Gasteiger partial charge in [-0.15, -0.1) is 11.3 Å². The van der Waals surface area contributed by atoms with E-state index in [9.17, 15) is 0 Å². The monoisotopic (exact) mass is 299 g/mol. The van der Waals surface area contributed by atoms with Crippen molar-refractivity contribution in [2.75, 3.05) is 6.54 Å². The molecule has 2 aromatic heterocycles. The molecule has 21 heavy (non-hydrogen) atoms. The van der Waals surface area contributed by atoms with Gasteiger partial charge in [-0.2, -0.15) is 0 Å². The SMILES string of the molecule is Cc1cc(CNCCCn2cnc3ccccc32)c(C)s1. The molecule has 0 saturated heterocycles. The summed E-state index contributed by atoms with van der Waals surface area (Å²) in [5, 5.41) is 3.54. The average molecular weight is 299 g/mol. The number of para-hydroxylation sites is 2. The lowest BCUT2D eigenvalue weighted by molar-refractivity contribution is 0.588. The lowest BCUT2D eigenvalue weighted by Crippen LogP contribution is -2.16. The third-order valence-corrected chi connectivity index (χ3v) is 4.75. The average Bonchev–Trinajstić information content (AvgIpc) is 3.02. The van der Waals surface area contributed by atoms with E-state index in [0.29, 0.717) is 0 Å². The quantitative estimate of drug-likeness (QED) is 0.700. The van der Waals surface area contributed by atoms with E-state index < -0.39 is 0 Å². The second-order valence-corrected chi connectivity index (χ2v) is 6.86. The fourth-order valence-corrected chi connectivity index (χ4v) is 3.59. The van der Waals surface area contributed by atoms with Crippen LogP contribution in [0.3, 0.4) is 0 Å². The number of benzene rings is 1. The van der Waals surface area contributed by atoms with Crippen molar-refractivity contribution in [3.05, 3.63) is 52.0 Å². The zero-order chi connectivity index (χ0) is 14.7. The second-order valence-electron chi connectivity index (χ2n) is 5.40. The lowest BCUT2D eigenvalue weighted by atomic mass is 10.2. The van der Waals surface area contributed by atoms with E-state index in [1.54, 1.807) is 0 Å². The predicted octanol–water partition coefficient (Wildman–Crippen LogP) is 3.89. The Morgan fingerprint density at radius 3 is 2.90 bits per heavy atom. The van der Waals surface area contributed by atoms with Crippen LogP contribution in [-0.4, -0.2) is 16.1 Å². The number of thiophene rings is 1. The molecular formula is C17H21N3S. The molecule has 0 amide bonds. The first-order chi connectivity index (χ1) is 10.2. The Hall–Kier alpha value is -1.65. The van der Waals surface area contributed by atoms with Gasteiger partial charge in [0, 0.05) is 22.8 Å². The van der Waals surface area contributed by atoms with Crippen LogP contribution < -0.4 is 5.32 Å². The van der Waals surface area contributed by atoms with Crippen molar-refractivity contribution in [1.29, 1.82) is 0 Å². The third kappa shape index (κ3) is 3.34. The maximum absolute atomic E-state index is 4.42. The zero-order valence-electron chi connectivity index (χ0n) is 12.6. The maximum atomic E-state index is 4.42. The highest BCUT2D eigenvalue weighted by atomic mass is 32.1. The van der Waals surface area contributed by atoms with Gasteiger partial charge in [0.2, 0.25) is 0 Å². The van der Waals surface area contributed by atoms with E-state index in [1.807, 2.05) is 23.7 Å². The van der Waals surface area contributed by atoms with Crippen molar-refractivity contribution in [1.82, 2.24) is 14.9 Å². The first-order valence-corrected chi connectivity index (χ1v) is 8.22. The number of rotatable bonds is 6. The number of hydrogen-bond donors (Lipinski definition) is 1. The molecule has 3 rings (SSSR count). The van der Waals surface area contributed by atoms with Gasteiger partial charge in [-0.1, -0.05) is 12.1 Å². The van der Waals surface area contributed by atoms with Gasteiger partial charge in [0.1, 0.15) is 0 Å². The summed E-state index contributed by atoms with van der Waals surface area (Å²) in [6, 6.07) is 10.6. The number of aromatic nitrogens is 2. The van der Waals surface area contributed by atoms with Gasteiger partial charge in [-0.3, -0.25) is 0 Å². The molecule has 110 valence electrons. The van der Waals surface area contributed by atoms with E-state index in [4.69, 9.17) is 0 Å². The van der Waals surface area contributed by atoms with Gasteiger partial charge < -0.3 is 9.88 Å². The van der Waals surface area contributed by atoms with Gasteiger partial charge in [0.05, 0.1) is 17.4 Å². The van der Waals surface area contributed by atoms with E-state index in [-0.39, 0.29) is 0 Å². The van der Waals surface area contributed by atoms with Gasteiger partial charge in [0.15, 0.2) is 0 Å². The number of imidazole rings is 1. The molecule has 0 radical (unpaired) electrons. The Morgan fingerprint density at radius 2 is 2.10 bits per heavy atom. The Morgan fingerprint density at radius 1 is 1.24 bits per heavy atom. The van der Waals surface area contributed by atoms with Crippen LogP contribution in [-0.2, 0) is 13.1 Å². The van der Waals surface area contributed by atoms with E-state index in [0.717, 1.165) is 31.6 Å². The standard InChI is InChI=1S/C17H21N3S/c1-13-10-15(14(2)21-13)11-18-8-5-9-20-12-19-16-6-3-4-7-17(16)20/h3-4,6-7,10,12,18H,5,8-9,11H2,1-2H3. The summed E-state index contributed by atoms with van der Waals surface area (Å²) in [6.45, 7) is 7.38. The highest BCUT2D eigenvalue weighted by Crippen LogP contribution is 2.20. The van der Waals surface area contributed by atoms with Crippen molar-refractivity contribution in [2.45, 2.75) is 33.4 Å². The van der Waals surface area contributed by atoms with Crippen LogP contribution in [0.2, 0.25) is 0 Å². The molecule has 0 atom stereocenters. The molecule has 0 aliphatic heterocycles. The molecule has 0 aliphatic carbocycles. The number of nitrogens with zero attached hydrogens (tertiary/aromatic N) is 2. The summed E-state index contributed by atoms with van der Waals surface area (Å²) in [5.74, 6) is 0. The fraction of sp³-hybridized carbons (Fsp3) is 0.353. The molecule has 0 aliphatic rings. The molecular weight excluding hydrogens is 278 g/mol. The number of hydrogen-bond acceptors (Lipinski definition) is 3. The first kappa shape index (κ1) is 14.3. The molecule has 0 bridgehead atoms. The molecule has 1 N–H and O–H groups in total. The molecule has 0 saturated carbocycles. The van der Waals surface area contributed by atoms with Crippen molar-refractivity contribution in [3.8, 4) is 0 Å². The van der Waals surface area contributed by atoms with Gasteiger partial charge >= 0.3 is 0 Å². The van der Waals surface area contributed by atoms with Crippen molar-refractivity contribution >= 4 is 22.4 Å². The Balaban J connectivity index is 1.47. The van der Waals surface area contributed by atoms with Crippen molar-refractivity contribution < 1.29 is 0 Å². The molecule has 0 spiro atoms. The minimum absolute atomic E-state index is 0.973. The Bertz CT molecular complexity index is 727. The van der Waals surface area contributed by atoms with Crippen LogP contribution in [0, 0.1) is 13.8 Å². The summed E-state index contributed by atoms with van der Waals surface area (Å²) >= 11 is 1.88. The molecule has 0 fully saturated rings. The number of aryl methyl sites for hydroxylation is 3. The van der Waals surface area contributed by atoms with E-state index >= 15 is 0 Å². The number of fused-ring (bicyclic) bond motifs is 1. The summed E-state index contributed by atoms with van der Waals surface area (Å²) in [5.41, 5.74) is 3.74. The van der Waals surface area contributed by atoms with Crippen LogP contribution in [0.5, 0.6) is 0 Å². The van der Waals surface area contributed by atoms with Crippen molar-refractivity contribution in [3.63, 3.8) is 0 Å². The normalized spacial score (nSPS) is 11.3. The minimum Gasteiger partial charge on any atom is -0.331 e. The summed E-state index contributed by atoms with van der Waals surface area (Å²) in [4.78, 5) is 7.25. The molecule has 3 nitrogen and oxygen atoms in total. The minimum atomic E-state index is 0.973. The maximum Gasteiger partial charge on any atom is 0.0958 e. The molecule has 2 heterocycles. The van der Waals surface area contributed by atoms with Crippen LogP contribution in [0.1, 0.15) is 21.7 Å². The van der Waals surface area contributed by atoms with Gasteiger partial charge in [-0.05, 0) is 50.6 Å². The largest absolute Gasteiger partial charge is 0.331 e. The van der Waals surface area contributed by atoms with Gasteiger partial charge in [-0.25, -0.2) is 4.98 Å². The summed E-state index contributed by atoms with van der Waals surface area (Å²) in [7, 11) is 0. The van der Waals surface area contributed by atoms with Gasteiger partial charge in [0.25, 0.3) is 0 Å². The second kappa shape index (κ2) is 6.41. The highest BCUT2D eigenvalue weighted by Gasteiger charge is 2.03. The number of nitrogens with one attached hydrogen (secondary N) is 1. The fourth-order valence-electron chi connectivity index (χ4n) is 2.64. The van der Waals surface area contributed by atoms with Crippen molar-refractivity contribution in [2.24, 2.45) is 0 Å². The van der Waals surface area contributed by atoms with E-state index in [1.165, 1.54) is 20.8 Å². The van der Waals surface area contributed by atoms with Crippen LogP contribution >= 0.6 is 11.3 Å². The van der Waals surface area contributed by atoms with Crippen LogP contribution in [0.15, 0.2) is 36.7 Å². The van der Waals surface area contributed by atoms with E-state index in [2.05, 4.69) is 53.0 Å². The Kier molecular flexibility index (Phi) is 4.36. The predicted molar refractivity (Wildman–Crippen MR) is 89.8 cm³/mol. The topological polar surface area (TPSA) is 29.9 Å². The zero-order valence-corrected chi connectivity index (χ0v) is 13.4. The Labute approximate surface area is 129 Å². The summed E-state index contributed by atoms with van der Waals surface area (Å²) < 4.78 is 2.23. The molecule has 4 heteroatoms. The highest BCUT2D eigenvalue weighted by molar-refractivity contribution is 7.12. The molecule has 1 aromatic carbocycles. The third-order valence-electron chi connectivity index (χ3n) is 3.74. The smallest absolute Gasteiger partial charge is 0.0958 e. The van der Waals surface area contributed by atoms with Crippen LogP contribution in [0.25, 0.3) is 11.0 Å². The molecule has 0 unspecified atom stereocenters. The summed E-state index contributed by atoms with van der Waals surface area (Å²) in [6.07, 6.45) is 3.06.